The topological polar surface area (TPSA) is 65.1 Å². The predicted molar refractivity (Wildman–Crippen MR) is 117 cm³/mol. The summed E-state index contributed by atoms with van der Waals surface area (Å²) in [6, 6.07) is 15.6. The number of rotatable bonds is 8. The van der Waals surface area contributed by atoms with Crippen LogP contribution < -0.4 is 18.5 Å². The normalized spacial score (nSPS) is 11.1. The third-order valence-corrected chi connectivity index (χ3v) is 6.78. The van der Waals surface area contributed by atoms with Crippen molar-refractivity contribution in [1.82, 2.24) is 0 Å². The number of aryl methyl sites for hydroxylation is 1. The Morgan fingerprint density at radius 2 is 1.52 bits per heavy atom. The highest BCUT2D eigenvalue weighted by molar-refractivity contribution is 7.92. The zero-order chi connectivity index (χ0) is 22.6. The fourth-order valence-electron chi connectivity index (χ4n) is 3.21. The van der Waals surface area contributed by atoms with E-state index in [1.807, 2.05) is 0 Å². The van der Waals surface area contributed by atoms with Crippen molar-refractivity contribution < 1.29 is 27.0 Å². The van der Waals surface area contributed by atoms with Gasteiger partial charge < -0.3 is 14.2 Å². The van der Waals surface area contributed by atoms with Crippen LogP contribution in [0, 0.1) is 12.7 Å². The summed E-state index contributed by atoms with van der Waals surface area (Å²) >= 11 is 0. The molecule has 8 heteroatoms. The van der Waals surface area contributed by atoms with Gasteiger partial charge in [0.25, 0.3) is 10.0 Å². The molecule has 0 radical (unpaired) electrons. The van der Waals surface area contributed by atoms with Crippen molar-refractivity contribution in [3.05, 3.63) is 77.6 Å². The fourth-order valence-corrected chi connectivity index (χ4v) is 4.87. The quantitative estimate of drug-likeness (QED) is 0.509. The van der Waals surface area contributed by atoms with Gasteiger partial charge in [-0.3, -0.25) is 4.31 Å². The molecule has 0 N–H and O–H groups in total. The van der Waals surface area contributed by atoms with Gasteiger partial charge in [0.2, 0.25) is 0 Å². The molecule has 0 amide bonds. The van der Waals surface area contributed by atoms with Crippen molar-refractivity contribution in [2.24, 2.45) is 0 Å². The molecule has 3 aromatic carbocycles. The minimum atomic E-state index is -4.02. The van der Waals surface area contributed by atoms with Crippen molar-refractivity contribution in [2.75, 3.05) is 25.6 Å². The van der Waals surface area contributed by atoms with Gasteiger partial charge in [-0.25, -0.2) is 12.8 Å². The Morgan fingerprint density at radius 1 is 0.839 bits per heavy atom. The van der Waals surface area contributed by atoms with Crippen LogP contribution in [-0.4, -0.2) is 29.7 Å². The van der Waals surface area contributed by atoms with Crippen molar-refractivity contribution >= 4 is 15.7 Å². The second-order valence-electron chi connectivity index (χ2n) is 6.81. The van der Waals surface area contributed by atoms with Crippen LogP contribution in [0.4, 0.5) is 10.1 Å². The summed E-state index contributed by atoms with van der Waals surface area (Å²) in [4.78, 5) is 0.0252. The summed E-state index contributed by atoms with van der Waals surface area (Å²) in [5.41, 5.74) is 1.45. The molecular formula is C23H24FNO5S. The van der Waals surface area contributed by atoms with Gasteiger partial charge in [0.15, 0.2) is 11.5 Å². The SMILES string of the molecule is COc1ccc(CN(c2ccc(OC)c(OC)c2)S(=O)(=O)c2ccc(F)cc2C)cc1. The van der Waals surface area contributed by atoms with Gasteiger partial charge in [-0.15, -0.1) is 0 Å². The molecule has 3 aromatic rings. The summed E-state index contributed by atoms with van der Waals surface area (Å²) < 4.78 is 58.0. The standard InChI is InChI=1S/C23H24FNO5S/c1-16-13-18(24)7-12-23(16)31(26,27)25(15-17-5-9-20(28-2)10-6-17)19-8-11-21(29-3)22(14-19)30-4/h5-14H,15H2,1-4H3. The lowest BCUT2D eigenvalue weighted by molar-refractivity contribution is 0.355. The van der Waals surface area contributed by atoms with Crippen LogP contribution >= 0.6 is 0 Å². The smallest absolute Gasteiger partial charge is 0.264 e. The summed E-state index contributed by atoms with van der Waals surface area (Å²) in [6.07, 6.45) is 0. The van der Waals surface area contributed by atoms with E-state index in [1.165, 1.54) is 30.7 Å². The molecule has 31 heavy (non-hydrogen) atoms. The zero-order valence-corrected chi connectivity index (χ0v) is 18.6. The molecule has 0 aromatic heterocycles. The van der Waals surface area contributed by atoms with Gasteiger partial charge in [-0.1, -0.05) is 12.1 Å². The molecule has 0 aliphatic heterocycles. The summed E-state index contributed by atoms with van der Waals surface area (Å²) in [7, 11) is 0.527. The highest BCUT2D eigenvalue weighted by atomic mass is 32.2. The number of hydrogen-bond acceptors (Lipinski definition) is 5. The maximum Gasteiger partial charge on any atom is 0.264 e. The number of anilines is 1. The first-order valence-corrected chi connectivity index (χ1v) is 10.9. The van der Waals surface area contributed by atoms with E-state index in [2.05, 4.69) is 0 Å². The van der Waals surface area contributed by atoms with Crippen LogP contribution in [0.3, 0.4) is 0 Å². The first-order chi connectivity index (χ1) is 14.8. The molecule has 0 aliphatic carbocycles. The Labute approximate surface area is 181 Å². The van der Waals surface area contributed by atoms with Gasteiger partial charge in [0, 0.05) is 6.07 Å². The van der Waals surface area contributed by atoms with Crippen molar-refractivity contribution in [1.29, 1.82) is 0 Å². The Morgan fingerprint density at radius 3 is 2.10 bits per heavy atom. The minimum absolute atomic E-state index is 0.0252. The molecule has 164 valence electrons. The number of hydrogen-bond donors (Lipinski definition) is 0. The monoisotopic (exact) mass is 445 g/mol. The molecule has 0 aliphatic rings. The average Bonchev–Trinajstić information content (AvgIpc) is 2.77. The average molecular weight is 446 g/mol. The third kappa shape index (κ3) is 4.74. The number of sulfonamides is 1. The Balaban J connectivity index is 2.13. The molecule has 0 atom stereocenters. The van der Waals surface area contributed by atoms with Gasteiger partial charge in [0.05, 0.1) is 38.5 Å². The van der Waals surface area contributed by atoms with E-state index in [1.54, 1.807) is 56.5 Å². The molecule has 0 spiro atoms. The molecule has 0 fully saturated rings. The van der Waals surface area contributed by atoms with E-state index in [-0.39, 0.29) is 11.4 Å². The molecule has 6 nitrogen and oxygen atoms in total. The molecule has 0 saturated heterocycles. The summed E-state index contributed by atoms with van der Waals surface area (Å²) in [5.74, 6) is 1.04. The van der Waals surface area contributed by atoms with Crippen molar-refractivity contribution in [2.45, 2.75) is 18.4 Å². The zero-order valence-electron chi connectivity index (χ0n) is 17.8. The first-order valence-electron chi connectivity index (χ1n) is 9.44. The minimum Gasteiger partial charge on any atom is -0.497 e. The summed E-state index contributed by atoms with van der Waals surface area (Å²) in [6.45, 7) is 1.62. The number of nitrogens with zero attached hydrogens (tertiary/aromatic N) is 1. The number of halogens is 1. The molecule has 3 rings (SSSR count). The second kappa shape index (κ2) is 9.26. The van der Waals surface area contributed by atoms with Gasteiger partial charge in [-0.2, -0.15) is 0 Å². The van der Waals surface area contributed by atoms with Crippen LogP contribution in [-0.2, 0) is 16.6 Å². The Kier molecular flexibility index (Phi) is 6.70. The van der Waals surface area contributed by atoms with Crippen molar-refractivity contribution in [3.8, 4) is 17.2 Å². The molecular weight excluding hydrogens is 421 g/mol. The van der Waals surface area contributed by atoms with E-state index >= 15 is 0 Å². The first kappa shape index (κ1) is 22.4. The van der Waals surface area contributed by atoms with E-state index in [0.29, 0.717) is 28.5 Å². The Bertz CT molecular complexity index is 1160. The van der Waals surface area contributed by atoms with Crippen LogP contribution in [0.25, 0.3) is 0 Å². The van der Waals surface area contributed by atoms with Crippen LogP contribution in [0.5, 0.6) is 17.2 Å². The highest BCUT2D eigenvalue weighted by Gasteiger charge is 2.28. The molecule has 0 heterocycles. The van der Waals surface area contributed by atoms with Crippen LogP contribution in [0.15, 0.2) is 65.6 Å². The molecule has 0 bridgehead atoms. The lowest BCUT2D eigenvalue weighted by Gasteiger charge is -2.26. The number of benzene rings is 3. The third-order valence-electron chi connectivity index (χ3n) is 4.85. The molecule has 0 saturated carbocycles. The largest absolute Gasteiger partial charge is 0.497 e. The fraction of sp³-hybridized carbons (Fsp3) is 0.217. The van der Waals surface area contributed by atoms with Crippen LogP contribution in [0.1, 0.15) is 11.1 Å². The Hall–Kier alpha value is -3.26. The van der Waals surface area contributed by atoms with E-state index in [4.69, 9.17) is 14.2 Å². The lowest BCUT2D eigenvalue weighted by Crippen LogP contribution is -2.31. The maximum atomic E-state index is 13.7. The van der Waals surface area contributed by atoms with E-state index in [0.717, 1.165) is 11.6 Å². The van der Waals surface area contributed by atoms with Crippen molar-refractivity contribution in [3.63, 3.8) is 0 Å². The lowest BCUT2D eigenvalue weighted by atomic mass is 10.2. The highest BCUT2D eigenvalue weighted by Crippen LogP contribution is 2.35. The van der Waals surface area contributed by atoms with Gasteiger partial charge >= 0.3 is 0 Å². The van der Waals surface area contributed by atoms with Gasteiger partial charge in [-0.05, 0) is 60.5 Å². The predicted octanol–water partition coefficient (Wildman–Crippen LogP) is 4.56. The van der Waals surface area contributed by atoms with Gasteiger partial charge in [0.1, 0.15) is 11.6 Å². The summed E-state index contributed by atoms with van der Waals surface area (Å²) in [5, 5.41) is 0. The van der Waals surface area contributed by atoms with Crippen LogP contribution in [0.2, 0.25) is 0 Å². The molecule has 0 unspecified atom stereocenters. The second-order valence-corrected chi connectivity index (χ2v) is 8.64. The van der Waals surface area contributed by atoms with E-state index in [9.17, 15) is 12.8 Å². The maximum absolute atomic E-state index is 13.7. The van der Waals surface area contributed by atoms with E-state index < -0.39 is 15.8 Å². The number of methoxy groups -OCH3 is 3. The number of ether oxygens (including phenoxy) is 3.